The Hall–Kier alpha value is -0.780. The van der Waals surface area contributed by atoms with Crippen molar-refractivity contribution < 1.29 is 13.2 Å². The molecule has 118 valence electrons. The minimum absolute atomic E-state index is 0.0165. The lowest BCUT2D eigenvalue weighted by Gasteiger charge is -2.29. The maximum Gasteiger partial charge on any atom is 0.244 e. The summed E-state index contributed by atoms with van der Waals surface area (Å²) in [4.78, 5) is 0.120. The number of hydrogen-bond acceptors (Lipinski definition) is 3. The van der Waals surface area contributed by atoms with Crippen LogP contribution in [-0.2, 0) is 10.0 Å². The van der Waals surface area contributed by atoms with Gasteiger partial charge in [0.25, 0.3) is 0 Å². The standard InChI is InChI=1S/C15H22ClNO3S/c1-3-20-14-9-8-12(16)10-15(14)21(18,19)17-13-7-5-4-6-11(13)2/h8-11,13,17H,3-7H2,1-2H3/t11-,13+/m0/s1. The number of halogens is 1. The quantitative estimate of drug-likeness (QED) is 0.897. The minimum atomic E-state index is -3.63. The van der Waals surface area contributed by atoms with Crippen molar-refractivity contribution in [2.75, 3.05) is 6.61 Å². The van der Waals surface area contributed by atoms with E-state index in [2.05, 4.69) is 11.6 Å². The molecule has 2 rings (SSSR count). The van der Waals surface area contributed by atoms with Crippen molar-refractivity contribution in [3.8, 4) is 5.75 Å². The zero-order valence-corrected chi connectivity index (χ0v) is 14.0. The summed E-state index contributed by atoms with van der Waals surface area (Å²) >= 11 is 5.95. The van der Waals surface area contributed by atoms with Crippen molar-refractivity contribution in [1.29, 1.82) is 0 Å². The van der Waals surface area contributed by atoms with E-state index >= 15 is 0 Å². The molecule has 0 aromatic heterocycles. The van der Waals surface area contributed by atoms with Crippen LogP contribution in [0.15, 0.2) is 23.1 Å². The molecule has 21 heavy (non-hydrogen) atoms. The maximum absolute atomic E-state index is 12.6. The number of hydrogen-bond donors (Lipinski definition) is 1. The van der Waals surface area contributed by atoms with Crippen LogP contribution in [-0.4, -0.2) is 21.1 Å². The van der Waals surface area contributed by atoms with Crippen LogP contribution in [0.3, 0.4) is 0 Å². The maximum atomic E-state index is 12.6. The summed E-state index contributed by atoms with van der Waals surface area (Å²) in [6.45, 7) is 4.32. The lowest BCUT2D eigenvalue weighted by molar-refractivity contribution is 0.308. The molecule has 0 amide bonds. The van der Waals surface area contributed by atoms with E-state index in [1.807, 2.05) is 6.92 Å². The molecule has 0 unspecified atom stereocenters. The number of benzene rings is 1. The molecule has 0 aliphatic heterocycles. The smallest absolute Gasteiger partial charge is 0.244 e. The molecule has 1 N–H and O–H groups in total. The Morgan fingerprint density at radius 3 is 2.71 bits per heavy atom. The average molecular weight is 332 g/mol. The molecule has 1 fully saturated rings. The second kappa shape index (κ2) is 6.99. The van der Waals surface area contributed by atoms with Crippen molar-refractivity contribution >= 4 is 21.6 Å². The number of ether oxygens (including phenoxy) is 1. The first-order chi connectivity index (χ1) is 9.94. The molecule has 1 aromatic carbocycles. The average Bonchev–Trinajstić information content (AvgIpc) is 2.43. The van der Waals surface area contributed by atoms with Gasteiger partial charge >= 0.3 is 0 Å². The Morgan fingerprint density at radius 2 is 2.05 bits per heavy atom. The zero-order valence-electron chi connectivity index (χ0n) is 12.4. The molecule has 1 aliphatic rings. The highest BCUT2D eigenvalue weighted by Crippen LogP contribution is 2.30. The SMILES string of the molecule is CCOc1ccc(Cl)cc1S(=O)(=O)N[C@@H]1CCCC[C@@H]1C. The molecule has 4 nitrogen and oxygen atoms in total. The molecule has 1 aliphatic carbocycles. The molecular weight excluding hydrogens is 310 g/mol. The van der Waals surface area contributed by atoms with Crippen LogP contribution in [0.2, 0.25) is 5.02 Å². The first-order valence-electron chi connectivity index (χ1n) is 7.38. The fourth-order valence-corrected chi connectivity index (χ4v) is 4.51. The van der Waals surface area contributed by atoms with E-state index in [1.54, 1.807) is 12.1 Å². The third-order valence-corrected chi connectivity index (χ3v) is 5.66. The predicted octanol–water partition coefficient (Wildman–Crippen LogP) is 3.60. The Balaban J connectivity index is 2.28. The van der Waals surface area contributed by atoms with Crippen LogP contribution >= 0.6 is 11.6 Å². The molecule has 1 saturated carbocycles. The molecule has 0 saturated heterocycles. The van der Waals surface area contributed by atoms with Crippen LogP contribution in [0.4, 0.5) is 0 Å². The van der Waals surface area contributed by atoms with E-state index in [-0.39, 0.29) is 10.9 Å². The minimum Gasteiger partial charge on any atom is -0.492 e. The van der Waals surface area contributed by atoms with Crippen LogP contribution < -0.4 is 9.46 Å². The van der Waals surface area contributed by atoms with Gasteiger partial charge in [0.15, 0.2) is 0 Å². The zero-order chi connectivity index (χ0) is 15.5. The van der Waals surface area contributed by atoms with E-state index in [0.717, 1.165) is 19.3 Å². The van der Waals surface area contributed by atoms with Gasteiger partial charge in [0.1, 0.15) is 10.6 Å². The van der Waals surface area contributed by atoms with E-state index in [0.29, 0.717) is 23.3 Å². The van der Waals surface area contributed by atoms with Crippen LogP contribution in [0.1, 0.15) is 39.5 Å². The Bertz CT molecular complexity index is 589. The topological polar surface area (TPSA) is 55.4 Å². The van der Waals surface area contributed by atoms with E-state index in [9.17, 15) is 8.42 Å². The Morgan fingerprint density at radius 1 is 1.33 bits per heavy atom. The molecule has 6 heteroatoms. The van der Waals surface area contributed by atoms with Crippen molar-refractivity contribution in [2.24, 2.45) is 5.92 Å². The molecule has 2 atom stereocenters. The number of sulfonamides is 1. The summed E-state index contributed by atoms with van der Waals surface area (Å²) in [5.74, 6) is 0.695. The van der Waals surface area contributed by atoms with Gasteiger partial charge in [0.05, 0.1) is 6.61 Å². The summed E-state index contributed by atoms with van der Waals surface area (Å²) in [6, 6.07) is 4.67. The summed E-state index contributed by atoms with van der Waals surface area (Å²) in [5, 5.41) is 0.385. The van der Waals surface area contributed by atoms with Crippen molar-refractivity contribution in [3.05, 3.63) is 23.2 Å². The molecule has 1 aromatic rings. The van der Waals surface area contributed by atoms with Gasteiger partial charge in [-0.1, -0.05) is 31.4 Å². The van der Waals surface area contributed by atoms with Gasteiger partial charge in [-0.05, 0) is 43.9 Å². The second-order valence-corrected chi connectivity index (χ2v) is 7.63. The van der Waals surface area contributed by atoms with Gasteiger partial charge < -0.3 is 4.74 Å². The largest absolute Gasteiger partial charge is 0.492 e. The van der Waals surface area contributed by atoms with Crippen LogP contribution in [0.25, 0.3) is 0 Å². The highest BCUT2D eigenvalue weighted by molar-refractivity contribution is 7.89. The highest BCUT2D eigenvalue weighted by atomic mass is 35.5. The molecule has 0 heterocycles. The van der Waals surface area contributed by atoms with E-state index in [1.165, 1.54) is 12.5 Å². The molecule has 0 spiro atoms. The van der Waals surface area contributed by atoms with Gasteiger partial charge in [0, 0.05) is 11.1 Å². The second-order valence-electron chi connectivity index (χ2n) is 5.51. The summed E-state index contributed by atoms with van der Waals surface area (Å²) in [5.41, 5.74) is 0. The normalized spacial score (nSPS) is 23.0. The van der Waals surface area contributed by atoms with E-state index in [4.69, 9.17) is 16.3 Å². The third-order valence-electron chi connectivity index (χ3n) is 3.91. The molecule has 0 radical (unpaired) electrons. The van der Waals surface area contributed by atoms with E-state index < -0.39 is 10.0 Å². The lowest BCUT2D eigenvalue weighted by Crippen LogP contribution is -2.41. The van der Waals surface area contributed by atoms with Gasteiger partial charge in [0.2, 0.25) is 10.0 Å². The van der Waals surface area contributed by atoms with Gasteiger partial charge in [-0.2, -0.15) is 0 Å². The Labute approximate surface area is 131 Å². The van der Waals surface area contributed by atoms with Gasteiger partial charge in [-0.15, -0.1) is 0 Å². The summed E-state index contributed by atoms with van der Waals surface area (Å²) < 4.78 is 33.5. The number of rotatable bonds is 5. The lowest BCUT2D eigenvalue weighted by atomic mass is 9.87. The van der Waals surface area contributed by atoms with Crippen molar-refractivity contribution in [3.63, 3.8) is 0 Å². The molecular formula is C15H22ClNO3S. The number of nitrogens with one attached hydrogen (secondary N) is 1. The van der Waals surface area contributed by atoms with Gasteiger partial charge in [-0.3, -0.25) is 0 Å². The highest BCUT2D eigenvalue weighted by Gasteiger charge is 2.28. The molecule has 0 bridgehead atoms. The predicted molar refractivity (Wildman–Crippen MR) is 84.4 cm³/mol. The third kappa shape index (κ3) is 4.11. The van der Waals surface area contributed by atoms with Gasteiger partial charge in [-0.25, -0.2) is 13.1 Å². The summed E-state index contributed by atoms with van der Waals surface area (Å²) in [6.07, 6.45) is 4.16. The summed E-state index contributed by atoms with van der Waals surface area (Å²) in [7, 11) is -3.63. The first-order valence-corrected chi connectivity index (χ1v) is 9.25. The van der Waals surface area contributed by atoms with Crippen molar-refractivity contribution in [2.45, 2.75) is 50.5 Å². The van der Waals surface area contributed by atoms with Crippen molar-refractivity contribution in [1.82, 2.24) is 4.72 Å². The van der Waals surface area contributed by atoms with Crippen LogP contribution in [0.5, 0.6) is 5.75 Å². The first kappa shape index (κ1) is 16.6. The van der Waals surface area contributed by atoms with Crippen LogP contribution in [0, 0.1) is 5.92 Å². The monoisotopic (exact) mass is 331 g/mol. The Kier molecular flexibility index (Phi) is 5.52. The fraction of sp³-hybridized carbons (Fsp3) is 0.600. The fourth-order valence-electron chi connectivity index (χ4n) is 2.72.